The van der Waals surface area contributed by atoms with Gasteiger partial charge in [0.15, 0.2) is 5.82 Å². The van der Waals surface area contributed by atoms with E-state index in [9.17, 15) is 4.79 Å². The summed E-state index contributed by atoms with van der Waals surface area (Å²) in [5, 5.41) is 8.37. The maximum atomic E-state index is 12.9. The normalized spacial score (nSPS) is 18.9. The first-order chi connectivity index (χ1) is 12.7. The van der Waals surface area contributed by atoms with Crippen molar-refractivity contribution in [3.8, 4) is 0 Å². The second kappa shape index (κ2) is 5.90. The van der Waals surface area contributed by atoms with Gasteiger partial charge in [0.05, 0.1) is 11.1 Å². The molecular formula is C20H20N4O2. The molecule has 26 heavy (non-hydrogen) atoms. The molecule has 0 radical (unpaired) electrons. The van der Waals surface area contributed by atoms with Gasteiger partial charge in [0.1, 0.15) is 5.54 Å². The summed E-state index contributed by atoms with van der Waals surface area (Å²) < 4.78 is 5.45. The lowest BCUT2D eigenvalue weighted by atomic mass is 9.96. The van der Waals surface area contributed by atoms with Crippen LogP contribution in [0.15, 0.2) is 41.1 Å². The van der Waals surface area contributed by atoms with Gasteiger partial charge in [0.25, 0.3) is 5.91 Å². The maximum absolute atomic E-state index is 12.9. The summed E-state index contributed by atoms with van der Waals surface area (Å²) >= 11 is 0. The number of pyridine rings is 1. The Labute approximate surface area is 151 Å². The van der Waals surface area contributed by atoms with Crippen molar-refractivity contribution in [2.24, 2.45) is 0 Å². The molecule has 1 amide bonds. The average Bonchev–Trinajstić information content (AvgIpc) is 3.20. The van der Waals surface area contributed by atoms with Crippen LogP contribution in [-0.4, -0.2) is 21.0 Å². The topological polar surface area (TPSA) is 80.9 Å². The summed E-state index contributed by atoms with van der Waals surface area (Å²) in [6.07, 6.45) is 7.62. The van der Waals surface area contributed by atoms with Crippen LogP contribution >= 0.6 is 0 Å². The molecule has 2 fully saturated rings. The first-order valence-corrected chi connectivity index (χ1v) is 9.25. The van der Waals surface area contributed by atoms with Crippen molar-refractivity contribution in [1.82, 2.24) is 20.4 Å². The molecule has 1 aromatic carbocycles. The molecule has 6 nitrogen and oxygen atoms in total. The molecule has 0 aliphatic heterocycles. The quantitative estimate of drug-likeness (QED) is 0.777. The Kier molecular flexibility index (Phi) is 3.51. The molecule has 2 aliphatic rings. The minimum absolute atomic E-state index is 0.136. The fourth-order valence-electron chi connectivity index (χ4n) is 3.79. The van der Waals surface area contributed by atoms with Crippen LogP contribution in [0, 0.1) is 0 Å². The van der Waals surface area contributed by atoms with Gasteiger partial charge in [-0.25, -0.2) is 0 Å². The van der Waals surface area contributed by atoms with Crippen LogP contribution in [0.25, 0.3) is 10.9 Å². The van der Waals surface area contributed by atoms with Gasteiger partial charge in [-0.05, 0) is 37.8 Å². The first kappa shape index (κ1) is 15.5. The monoisotopic (exact) mass is 348 g/mol. The fourth-order valence-corrected chi connectivity index (χ4v) is 3.79. The van der Waals surface area contributed by atoms with Crippen LogP contribution in [0.4, 0.5) is 0 Å². The standard InChI is InChI=1S/C20H20N4O2/c25-17(15-11-14-5-1-2-6-16(14)21-12-15)23-20(9-3-4-10-20)19-22-18(26-24-19)13-7-8-13/h1-2,5-6,11-13H,3-4,7-10H2,(H,23,25). The summed E-state index contributed by atoms with van der Waals surface area (Å²) in [5.74, 6) is 1.62. The van der Waals surface area contributed by atoms with Gasteiger partial charge in [-0.2, -0.15) is 4.98 Å². The van der Waals surface area contributed by atoms with E-state index in [-0.39, 0.29) is 5.91 Å². The number of nitrogens with zero attached hydrogens (tertiary/aromatic N) is 3. The predicted molar refractivity (Wildman–Crippen MR) is 95.6 cm³/mol. The SMILES string of the molecule is O=C(NC1(c2noc(C3CC3)n2)CCCC1)c1cnc2ccccc2c1. The Hall–Kier alpha value is -2.76. The number of hydrogen-bond acceptors (Lipinski definition) is 5. The highest BCUT2D eigenvalue weighted by Crippen LogP contribution is 2.42. The van der Waals surface area contributed by atoms with Crippen molar-refractivity contribution in [3.63, 3.8) is 0 Å². The number of carbonyl (C=O) groups excluding carboxylic acids is 1. The number of rotatable bonds is 4. The van der Waals surface area contributed by atoms with Crippen molar-refractivity contribution < 1.29 is 9.32 Å². The zero-order valence-corrected chi connectivity index (χ0v) is 14.4. The van der Waals surface area contributed by atoms with Crippen LogP contribution in [0.3, 0.4) is 0 Å². The molecule has 1 N–H and O–H groups in total. The summed E-state index contributed by atoms with van der Waals surface area (Å²) in [6, 6.07) is 9.67. The first-order valence-electron chi connectivity index (χ1n) is 9.25. The van der Waals surface area contributed by atoms with E-state index >= 15 is 0 Å². The Bertz CT molecular complexity index is 971. The highest BCUT2D eigenvalue weighted by Gasteiger charge is 2.42. The third-order valence-corrected chi connectivity index (χ3v) is 5.46. The highest BCUT2D eigenvalue weighted by molar-refractivity contribution is 5.97. The Morgan fingerprint density at radius 2 is 2.00 bits per heavy atom. The smallest absolute Gasteiger partial charge is 0.253 e. The van der Waals surface area contributed by atoms with Crippen molar-refractivity contribution in [1.29, 1.82) is 0 Å². The van der Waals surface area contributed by atoms with Gasteiger partial charge in [-0.15, -0.1) is 0 Å². The maximum Gasteiger partial charge on any atom is 0.253 e. The van der Waals surface area contributed by atoms with Crippen molar-refractivity contribution in [2.45, 2.75) is 50.0 Å². The summed E-state index contributed by atoms with van der Waals surface area (Å²) in [5.41, 5.74) is 0.909. The van der Waals surface area contributed by atoms with E-state index in [1.165, 1.54) is 0 Å². The van der Waals surface area contributed by atoms with E-state index in [1.54, 1.807) is 6.20 Å². The predicted octanol–water partition coefficient (Wildman–Crippen LogP) is 3.69. The molecule has 2 aromatic heterocycles. The molecule has 2 heterocycles. The van der Waals surface area contributed by atoms with Gasteiger partial charge in [-0.1, -0.05) is 36.2 Å². The molecule has 2 saturated carbocycles. The molecule has 0 unspecified atom stereocenters. The summed E-state index contributed by atoms with van der Waals surface area (Å²) in [4.78, 5) is 22.0. The van der Waals surface area contributed by atoms with Gasteiger partial charge in [0, 0.05) is 17.5 Å². The lowest BCUT2D eigenvalue weighted by Gasteiger charge is -2.26. The van der Waals surface area contributed by atoms with Gasteiger partial charge in [-0.3, -0.25) is 9.78 Å². The number of benzene rings is 1. The number of fused-ring (bicyclic) bond motifs is 1. The van der Waals surface area contributed by atoms with E-state index in [0.717, 1.165) is 49.4 Å². The third kappa shape index (κ3) is 2.66. The molecule has 0 saturated heterocycles. The van der Waals surface area contributed by atoms with Crippen LogP contribution in [0.5, 0.6) is 0 Å². The van der Waals surface area contributed by atoms with Gasteiger partial charge >= 0.3 is 0 Å². The third-order valence-electron chi connectivity index (χ3n) is 5.46. The minimum atomic E-state index is -0.528. The van der Waals surface area contributed by atoms with Gasteiger partial charge in [0.2, 0.25) is 5.89 Å². The lowest BCUT2D eigenvalue weighted by Crippen LogP contribution is -2.44. The lowest BCUT2D eigenvalue weighted by molar-refractivity contribution is 0.0891. The van der Waals surface area contributed by atoms with E-state index < -0.39 is 5.54 Å². The largest absolute Gasteiger partial charge is 0.339 e. The van der Waals surface area contributed by atoms with E-state index in [4.69, 9.17) is 4.52 Å². The van der Waals surface area contributed by atoms with Crippen molar-refractivity contribution >= 4 is 16.8 Å². The zero-order chi connectivity index (χ0) is 17.6. The molecular weight excluding hydrogens is 328 g/mol. The van der Waals surface area contributed by atoms with Crippen LogP contribution in [-0.2, 0) is 5.54 Å². The molecule has 0 bridgehead atoms. The molecule has 132 valence electrons. The number of hydrogen-bond donors (Lipinski definition) is 1. The molecule has 5 rings (SSSR count). The molecule has 2 aliphatic carbocycles. The Morgan fingerprint density at radius 1 is 1.19 bits per heavy atom. The zero-order valence-electron chi connectivity index (χ0n) is 14.4. The number of carbonyl (C=O) groups is 1. The molecule has 0 atom stereocenters. The van der Waals surface area contributed by atoms with Crippen LogP contribution in [0.2, 0.25) is 0 Å². The van der Waals surface area contributed by atoms with E-state index in [1.807, 2.05) is 30.3 Å². The van der Waals surface area contributed by atoms with E-state index in [0.29, 0.717) is 23.2 Å². The summed E-state index contributed by atoms with van der Waals surface area (Å²) in [6.45, 7) is 0. The minimum Gasteiger partial charge on any atom is -0.339 e. The van der Waals surface area contributed by atoms with Gasteiger partial charge < -0.3 is 9.84 Å². The number of para-hydroxylation sites is 1. The number of nitrogens with one attached hydrogen (secondary N) is 1. The van der Waals surface area contributed by atoms with Crippen molar-refractivity contribution in [2.75, 3.05) is 0 Å². The molecule has 0 spiro atoms. The molecule has 6 heteroatoms. The fraction of sp³-hybridized carbons (Fsp3) is 0.400. The Balaban J connectivity index is 1.44. The average molecular weight is 348 g/mol. The molecule has 3 aromatic rings. The van der Waals surface area contributed by atoms with Crippen molar-refractivity contribution in [3.05, 3.63) is 53.8 Å². The van der Waals surface area contributed by atoms with Crippen LogP contribution < -0.4 is 5.32 Å². The second-order valence-electron chi connectivity index (χ2n) is 7.39. The number of aromatic nitrogens is 3. The Morgan fingerprint density at radius 3 is 2.81 bits per heavy atom. The van der Waals surface area contributed by atoms with E-state index in [2.05, 4.69) is 20.4 Å². The highest BCUT2D eigenvalue weighted by atomic mass is 16.5. The number of amides is 1. The van der Waals surface area contributed by atoms with Crippen LogP contribution in [0.1, 0.15) is 66.5 Å². The second-order valence-corrected chi connectivity index (χ2v) is 7.39. The summed E-state index contributed by atoms with van der Waals surface area (Å²) in [7, 11) is 0.